The average molecular weight is 629 g/mol. The van der Waals surface area contributed by atoms with Crippen LogP contribution in [0.4, 0.5) is 4.79 Å². The summed E-state index contributed by atoms with van der Waals surface area (Å²) in [5, 5.41) is 28.5. The van der Waals surface area contributed by atoms with Crippen molar-refractivity contribution in [2.45, 2.75) is 65.2 Å². The van der Waals surface area contributed by atoms with Crippen LogP contribution >= 0.6 is 15.9 Å². The summed E-state index contributed by atoms with van der Waals surface area (Å²) in [6, 6.07) is 12.9. The zero-order chi connectivity index (χ0) is 30.1. The van der Waals surface area contributed by atoms with Crippen LogP contribution in [0, 0.1) is 11.8 Å². The number of H-pyrrole nitrogens is 1. The third-order valence-electron chi connectivity index (χ3n) is 6.68. The molecule has 2 aromatic carbocycles. The second-order valence-corrected chi connectivity index (χ2v) is 11.8. The molecule has 0 aliphatic carbocycles. The predicted octanol–water partition coefficient (Wildman–Crippen LogP) is 3.45. The summed E-state index contributed by atoms with van der Waals surface area (Å²) in [5.74, 6) is -2.24. The van der Waals surface area contributed by atoms with Gasteiger partial charge in [-0.1, -0.05) is 74.0 Å². The zero-order valence-corrected chi connectivity index (χ0v) is 25.3. The molecule has 41 heavy (non-hydrogen) atoms. The van der Waals surface area contributed by atoms with Crippen LogP contribution in [-0.2, 0) is 27.4 Å². The lowest BCUT2D eigenvalue weighted by Crippen LogP contribution is -2.58. The largest absolute Gasteiger partial charge is 0.475 e. The van der Waals surface area contributed by atoms with Crippen LogP contribution in [0.25, 0.3) is 10.9 Å². The lowest BCUT2D eigenvalue weighted by molar-refractivity contribution is -0.130. The molecule has 220 valence electrons. The van der Waals surface area contributed by atoms with Gasteiger partial charge in [0.1, 0.15) is 18.7 Å². The van der Waals surface area contributed by atoms with Gasteiger partial charge in [-0.05, 0) is 47.6 Å². The van der Waals surface area contributed by atoms with Gasteiger partial charge in [-0.3, -0.25) is 9.59 Å². The zero-order valence-electron chi connectivity index (χ0n) is 23.7. The first-order chi connectivity index (χ1) is 19.4. The Bertz CT molecular complexity index is 1310. The summed E-state index contributed by atoms with van der Waals surface area (Å²) < 4.78 is 6.29. The Morgan fingerprint density at radius 2 is 1.59 bits per heavy atom. The molecule has 3 atom stereocenters. The smallest absolute Gasteiger partial charge is 0.445 e. The molecular formula is C29H38BBrN4O6. The molecule has 12 heteroatoms. The number of benzene rings is 2. The van der Waals surface area contributed by atoms with E-state index in [0.717, 1.165) is 26.5 Å². The van der Waals surface area contributed by atoms with Crippen molar-refractivity contribution in [1.82, 2.24) is 20.9 Å². The van der Waals surface area contributed by atoms with Crippen molar-refractivity contribution in [3.8, 4) is 0 Å². The van der Waals surface area contributed by atoms with Crippen molar-refractivity contribution in [3.63, 3.8) is 0 Å². The quantitative estimate of drug-likeness (QED) is 0.159. The maximum atomic E-state index is 13.6. The molecule has 3 amide bonds. The lowest BCUT2D eigenvalue weighted by atomic mass is 9.73. The molecule has 0 saturated carbocycles. The van der Waals surface area contributed by atoms with E-state index in [1.165, 1.54) is 0 Å². The molecule has 0 spiro atoms. The predicted molar refractivity (Wildman–Crippen MR) is 162 cm³/mol. The topological polar surface area (TPSA) is 153 Å². The monoisotopic (exact) mass is 628 g/mol. The minimum Gasteiger partial charge on any atom is -0.445 e. The van der Waals surface area contributed by atoms with Gasteiger partial charge >= 0.3 is 13.2 Å². The van der Waals surface area contributed by atoms with Gasteiger partial charge in [0, 0.05) is 28.0 Å². The third kappa shape index (κ3) is 9.62. The average Bonchev–Trinajstić information content (AvgIpc) is 3.32. The minimum atomic E-state index is -1.76. The molecule has 0 aliphatic heterocycles. The van der Waals surface area contributed by atoms with E-state index in [1.54, 1.807) is 20.0 Å². The summed E-state index contributed by atoms with van der Waals surface area (Å²) in [4.78, 5) is 42.8. The van der Waals surface area contributed by atoms with Crippen LogP contribution in [0.2, 0.25) is 0 Å². The highest BCUT2D eigenvalue weighted by Gasteiger charge is 2.33. The molecule has 0 unspecified atom stereocenters. The number of aromatic amines is 1. The van der Waals surface area contributed by atoms with Crippen LogP contribution in [0.1, 0.15) is 45.2 Å². The SMILES string of the molecule is CC(C)C[C@H](NC(=O)[C@H](Cc1c[nH]c2ccccc12)NC(=O)OCc1ccc(Br)cc1)C(=O)N[C@H](B(O)O)C(C)C. The van der Waals surface area contributed by atoms with Crippen LogP contribution < -0.4 is 16.0 Å². The number of nitrogens with one attached hydrogen (secondary N) is 4. The van der Waals surface area contributed by atoms with Crippen LogP contribution in [0.3, 0.4) is 0 Å². The molecule has 6 N–H and O–H groups in total. The molecule has 3 rings (SSSR count). The maximum Gasteiger partial charge on any atom is 0.475 e. The highest BCUT2D eigenvalue weighted by Crippen LogP contribution is 2.20. The lowest BCUT2D eigenvalue weighted by Gasteiger charge is -2.27. The van der Waals surface area contributed by atoms with Crippen molar-refractivity contribution in [1.29, 1.82) is 0 Å². The molecule has 0 aliphatic rings. The van der Waals surface area contributed by atoms with E-state index < -0.39 is 43.1 Å². The Morgan fingerprint density at radius 1 is 0.927 bits per heavy atom. The Morgan fingerprint density at radius 3 is 2.22 bits per heavy atom. The van der Waals surface area contributed by atoms with Crippen molar-refractivity contribution < 1.29 is 29.2 Å². The van der Waals surface area contributed by atoms with E-state index in [0.29, 0.717) is 6.42 Å². The number of carbonyl (C=O) groups is 3. The molecule has 1 aromatic heterocycles. The number of para-hydroxylation sites is 1. The van der Waals surface area contributed by atoms with Gasteiger partial charge in [0.15, 0.2) is 0 Å². The standard InChI is InChI=1S/C29H38BBrN4O6/c1-17(2)13-24(28(37)35-26(18(3)4)30(39)40)33-27(36)25(14-20-15-32-23-8-6-5-7-22(20)23)34-29(38)41-16-19-9-11-21(31)12-10-19/h5-12,15,17-18,24-26,32,39-40H,13-14,16H2,1-4H3,(H,33,36)(H,34,38)(H,35,37)/t24-,25-,26-/m0/s1. The number of hydrogen-bond donors (Lipinski definition) is 6. The first kappa shape index (κ1) is 32.2. The van der Waals surface area contributed by atoms with Gasteiger partial charge < -0.3 is 35.7 Å². The highest BCUT2D eigenvalue weighted by atomic mass is 79.9. The number of hydrogen-bond acceptors (Lipinski definition) is 6. The number of rotatable bonds is 13. The van der Waals surface area contributed by atoms with E-state index in [-0.39, 0.29) is 24.9 Å². The molecule has 0 bridgehead atoms. The first-order valence-corrected chi connectivity index (χ1v) is 14.4. The molecular weight excluding hydrogens is 591 g/mol. The molecule has 3 aromatic rings. The summed E-state index contributed by atoms with van der Waals surface area (Å²) >= 11 is 3.37. The second-order valence-electron chi connectivity index (χ2n) is 10.8. The van der Waals surface area contributed by atoms with Crippen LogP contribution in [0.5, 0.6) is 0 Å². The summed E-state index contributed by atoms with van der Waals surface area (Å²) in [5.41, 5.74) is 2.47. The van der Waals surface area contributed by atoms with Crippen molar-refractivity contribution >= 4 is 51.9 Å². The fraction of sp³-hybridized carbons (Fsp3) is 0.414. The Kier molecular flexibility index (Phi) is 11.8. The summed E-state index contributed by atoms with van der Waals surface area (Å²) in [7, 11) is -1.76. The van der Waals surface area contributed by atoms with Gasteiger partial charge in [0.2, 0.25) is 11.8 Å². The van der Waals surface area contributed by atoms with E-state index in [1.807, 2.05) is 62.4 Å². The number of ether oxygens (including phenoxy) is 1. The van der Waals surface area contributed by atoms with Crippen LogP contribution in [0.15, 0.2) is 59.2 Å². The Labute approximate surface area is 248 Å². The Balaban J connectivity index is 1.79. The molecule has 0 saturated heterocycles. The fourth-order valence-electron chi connectivity index (χ4n) is 4.47. The molecule has 10 nitrogen and oxygen atoms in total. The molecule has 1 heterocycles. The van der Waals surface area contributed by atoms with Gasteiger partial charge in [-0.25, -0.2) is 4.79 Å². The summed E-state index contributed by atoms with van der Waals surface area (Å²) in [6.45, 7) is 7.34. The van der Waals surface area contributed by atoms with Crippen molar-refractivity contribution in [3.05, 3.63) is 70.3 Å². The number of carbonyl (C=O) groups excluding carboxylic acids is 3. The van der Waals surface area contributed by atoms with E-state index >= 15 is 0 Å². The van der Waals surface area contributed by atoms with Gasteiger partial charge in [0.25, 0.3) is 0 Å². The van der Waals surface area contributed by atoms with E-state index in [2.05, 4.69) is 36.9 Å². The maximum absolute atomic E-state index is 13.6. The van der Waals surface area contributed by atoms with Gasteiger partial charge in [0.05, 0.1) is 5.94 Å². The number of fused-ring (bicyclic) bond motifs is 1. The number of aromatic nitrogens is 1. The van der Waals surface area contributed by atoms with Gasteiger partial charge in [-0.15, -0.1) is 0 Å². The highest BCUT2D eigenvalue weighted by molar-refractivity contribution is 9.10. The first-order valence-electron chi connectivity index (χ1n) is 13.6. The van der Waals surface area contributed by atoms with Crippen LogP contribution in [-0.4, -0.2) is 58.1 Å². The minimum absolute atomic E-state index is 0.0129. The van der Waals surface area contributed by atoms with E-state index in [9.17, 15) is 24.4 Å². The van der Waals surface area contributed by atoms with Crippen molar-refractivity contribution in [2.24, 2.45) is 11.8 Å². The number of halogens is 1. The number of alkyl carbamates (subject to hydrolysis) is 1. The van der Waals surface area contributed by atoms with Gasteiger partial charge in [-0.2, -0.15) is 0 Å². The number of amides is 3. The normalized spacial score (nSPS) is 13.5. The summed E-state index contributed by atoms with van der Waals surface area (Å²) in [6.07, 6.45) is 1.45. The van der Waals surface area contributed by atoms with E-state index in [4.69, 9.17) is 4.74 Å². The Hall–Kier alpha value is -3.35. The molecule has 0 fully saturated rings. The second kappa shape index (κ2) is 15.0. The fourth-order valence-corrected chi connectivity index (χ4v) is 4.73. The van der Waals surface area contributed by atoms with Crippen molar-refractivity contribution in [2.75, 3.05) is 0 Å². The molecule has 0 radical (unpaired) electrons. The third-order valence-corrected chi connectivity index (χ3v) is 7.21.